The molecule has 90 valence electrons. The van der Waals surface area contributed by atoms with Crippen LogP contribution in [0.5, 0.6) is 0 Å². The van der Waals surface area contributed by atoms with Crippen LogP contribution in [0.3, 0.4) is 0 Å². The zero-order valence-corrected chi connectivity index (χ0v) is 11.5. The minimum absolute atomic E-state index is 0.875. The summed E-state index contributed by atoms with van der Waals surface area (Å²) in [6.45, 7) is 4.46. The van der Waals surface area contributed by atoms with E-state index in [1.54, 1.807) is 0 Å². The van der Waals surface area contributed by atoms with Crippen molar-refractivity contribution in [1.29, 1.82) is 0 Å². The Labute approximate surface area is 102 Å². The Morgan fingerprint density at radius 2 is 1.93 bits per heavy atom. The van der Waals surface area contributed by atoms with Gasteiger partial charge in [0.05, 0.1) is 0 Å². The van der Waals surface area contributed by atoms with Crippen LogP contribution in [-0.4, -0.2) is 43.6 Å². The lowest BCUT2D eigenvalue weighted by molar-refractivity contribution is 0.0556. The first-order valence-electron chi connectivity index (χ1n) is 6.15. The van der Waals surface area contributed by atoms with E-state index in [4.69, 9.17) is 4.74 Å². The molecule has 0 aromatic rings. The molecule has 0 spiro atoms. The van der Waals surface area contributed by atoms with Crippen molar-refractivity contribution in [2.45, 2.75) is 32.1 Å². The largest absolute Gasteiger partial charge is 0.381 e. The number of hydrogen-bond acceptors (Lipinski definition) is 2. The average molecular weight is 278 g/mol. The van der Waals surface area contributed by atoms with Gasteiger partial charge in [0.1, 0.15) is 0 Å². The zero-order chi connectivity index (χ0) is 10.9. The molecule has 15 heavy (non-hydrogen) atoms. The van der Waals surface area contributed by atoms with Crippen molar-refractivity contribution in [2.24, 2.45) is 5.92 Å². The molecule has 1 saturated heterocycles. The summed E-state index contributed by atoms with van der Waals surface area (Å²) in [4.78, 5) is 2.49. The molecule has 0 amide bonds. The van der Waals surface area contributed by atoms with Crippen molar-refractivity contribution in [3.63, 3.8) is 0 Å². The van der Waals surface area contributed by atoms with Gasteiger partial charge in [-0.15, -0.1) is 0 Å². The highest BCUT2D eigenvalue weighted by molar-refractivity contribution is 9.09. The highest BCUT2D eigenvalue weighted by Crippen LogP contribution is 2.15. The Hall–Kier alpha value is 0.400. The maximum absolute atomic E-state index is 5.37. The number of rotatable bonds is 7. The van der Waals surface area contributed by atoms with E-state index in [9.17, 15) is 0 Å². The minimum Gasteiger partial charge on any atom is -0.381 e. The predicted molar refractivity (Wildman–Crippen MR) is 68.7 cm³/mol. The Bertz CT molecular complexity index is 149. The second-order valence-electron chi connectivity index (χ2n) is 4.57. The van der Waals surface area contributed by atoms with E-state index >= 15 is 0 Å². The van der Waals surface area contributed by atoms with E-state index < -0.39 is 0 Å². The van der Waals surface area contributed by atoms with Crippen molar-refractivity contribution in [1.82, 2.24) is 4.90 Å². The van der Waals surface area contributed by atoms with Gasteiger partial charge < -0.3 is 9.64 Å². The summed E-state index contributed by atoms with van der Waals surface area (Å²) in [6.07, 6.45) is 6.51. The Morgan fingerprint density at radius 1 is 1.20 bits per heavy atom. The second-order valence-corrected chi connectivity index (χ2v) is 5.36. The number of hydrogen-bond donors (Lipinski definition) is 0. The molecule has 1 aliphatic heterocycles. The molecule has 0 N–H and O–H groups in total. The molecule has 3 heteroatoms. The number of nitrogens with zero attached hydrogens (tertiary/aromatic N) is 1. The molecule has 2 nitrogen and oxygen atoms in total. The van der Waals surface area contributed by atoms with E-state index in [0.29, 0.717) is 0 Å². The smallest absolute Gasteiger partial charge is 0.0469 e. The standard InChI is InChI=1S/C12H24BrNO/c1-14(8-4-2-3-7-13)11-12-5-9-15-10-6-12/h12H,2-11H2,1H3. The normalized spacial score (nSPS) is 18.6. The van der Waals surface area contributed by atoms with Crippen LogP contribution in [0, 0.1) is 5.92 Å². The van der Waals surface area contributed by atoms with Gasteiger partial charge in [-0.3, -0.25) is 0 Å². The lowest BCUT2D eigenvalue weighted by atomic mass is 10.00. The van der Waals surface area contributed by atoms with Gasteiger partial charge in [-0.1, -0.05) is 22.4 Å². The van der Waals surface area contributed by atoms with Crippen molar-refractivity contribution in [2.75, 3.05) is 38.7 Å². The number of halogens is 1. The fourth-order valence-electron chi connectivity index (χ4n) is 2.11. The molecule has 1 rings (SSSR count). The molecule has 0 atom stereocenters. The van der Waals surface area contributed by atoms with E-state index in [1.807, 2.05) is 0 Å². The molecule has 0 aliphatic carbocycles. The molecule has 0 aromatic carbocycles. The summed E-state index contributed by atoms with van der Waals surface area (Å²) in [7, 11) is 2.25. The van der Waals surface area contributed by atoms with Gasteiger partial charge in [0.25, 0.3) is 0 Å². The highest BCUT2D eigenvalue weighted by Gasteiger charge is 2.15. The summed E-state index contributed by atoms with van der Waals surface area (Å²) in [5, 5.41) is 1.15. The van der Waals surface area contributed by atoms with E-state index in [2.05, 4.69) is 27.9 Å². The van der Waals surface area contributed by atoms with Gasteiger partial charge in [0, 0.05) is 25.1 Å². The monoisotopic (exact) mass is 277 g/mol. The first-order chi connectivity index (χ1) is 7.33. The molecule has 0 aromatic heterocycles. The summed E-state index contributed by atoms with van der Waals surface area (Å²) >= 11 is 3.47. The maximum Gasteiger partial charge on any atom is 0.0469 e. The average Bonchev–Trinajstić information content (AvgIpc) is 2.26. The van der Waals surface area contributed by atoms with E-state index in [-0.39, 0.29) is 0 Å². The Balaban J connectivity index is 1.98. The summed E-state index contributed by atoms with van der Waals surface area (Å²) in [5.41, 5.74) is 0. The molecule has 1 fully saturated rings. The summed E-state index contributed by atoms with van der Waals surface area (Å²) in [6, 6.07) is 0. The van der Waals surface area contributed by atoms with Crippen molar-refractivity contribution in [3.05, 3.63) is 0 Å². The van der Waals surface area contributed by atoms with Gasteiger partial charge >= 0.3 is 0 Å². The quantitative estimate of drug-likeness (QED) is 0.524. The number of unbranched alkanes of at least 4 members (excludes halogenated alkanes) is 2. The van der Waals surface area contributed by atoms with Crippen LogP contribution in [0.25, 0.3) is 0 Å². The molecular formula is C12H24BrNO. The van der Waals surface area contributed by atoms with Gasteiger partial charge in [-0.25, -0.2) is 0 Å². The third-order valence-electron chi connectivity index (χ3n) is 3.08. The Morgan fingerprint density at radius 3 is 2.60 bits per heavy atom. The number of ether oxygens (including phenoxy) is 1. The SMILES string of the molecule is CN(CCCCCBr)CC1CCOCC1. The maximum atomic E-state index is 5.37. The topological polar surface area (TPSA) is 12.5 Å². The van der Waals surface area contributed by atoms with Gasteiger partial charge in [-0.2, -0.15) is 0 Å². The molecule has 1 heterocycles. The predicted octanol–water partition coefficient (Wildman–Crippen LogP) is 2.91. The molecule has 0 bridgehead atoms. The molecule has 0 saturated carbocycles. The van der Waals surface area contributed by atoms with Gasteiger partial charge in [-0.05, 0) is 45.2 Å². The fraction of sp³-hybridized carbons (Fsp3) is 1.00. The van der Waals surface area contributed by atoms with Crippen LogP contribution in [0.4, 0.5) is 0 Å². The summed E-state index contributed by atoms with van der Waals surface area (Å²) in [5.74, 6) is 0.875. The Kier molecular flexibility index (Phi) is 7.67. The van der Waals surface area contributed by atoms with Gasteiger partial charge in [0.2, 0.25) is 0 Å². The highest BCUT2D eigenvalue weighted by atomic mass is 79.9. The minimum atomic E-state index is 0.875. The van der Waals surface area contributed by atoms with Crippen LogP contribution in [0.15, 0.2) is 0 Å². The second kappa shape index (κ2) is 8.54. The van der Waals surface area contributed by atoms with Crippen LogP contribution in [0.2, 0.25) is 0 Å². The molecule has 0 unspecified atom stereocenters. The van der Waals surface area contributed by atoms with Crippen LogP contribution in [0.1, 0.15) is 32.1 Å². The third kappa shape index (κ3) is 6.54. The first-order valence-corrected chi connectivity index (χ1v) is 7.27. The van der Waals surface area contributed by atoms with Crippen molar-refractivity contribution >= 4 is 15.9 Å². The van der Waals surface area contributed by atoms with Crippen molar-refractivity contribution in [3.8, 4) is 0 Å². The number of alkyl halides is 1. The molecular weight excluding hydrogens is 254 g/mol. The van der Waals surface area contributed by atoms with Crippen LogP contribution >= 0.6 is 15.9 Å². The molecule has 0 radical (unpaired) electrons. The lowest BCUT2D eigenvalue weighted by Gasteiger charge is -2.27. The van der Waals surface area contributed by atoms with E-state index in [0.717, 1.165) is 24.5 Å². The lowest BCUT2D eigenvalue weighted by Crippen LogP contribution is -2.30. The third-order valence-corrected chi connectivity index (χ3v) is 3.64. The van der Waals surface area contributed by atoms with Crippen LogP contribution < -0.4 is 0 Å². The van der Waals surface area contributed by atoms with E-state index in [1.165, 1.54) is 45.2 Å². The molecule has 1 aliphatic rings. The zero-order valence-electron chi connectivity index (χ0n) is 9.88. The van der Waals surface area contributed by atoms with Gasteiger partial charge in [0.15, 0.2) is 0 Å². The van der Waals surface area contributed by atoms with Crippen LogP contribution in [-0.2, 0) is 4.74 Å². The van der Waals surface area contributed by atoms with Crippen molar-refractivity contribution < 1.29 is 4.74 Å². The summed E-state index contributed by atoms with van der Waals surface area (Å²) < 4.78 is 5.37. The fourth-order valence-corrected chi connectivity index (χ4v) is 2.51. The first kappa shape index (κ1) is 13.5.